The number of ether oxygens (including phenoxy) is 1. The van der Waals surface area contributed by atoms with Crippen molar-refractivity contribution < 1.29 is 14.6 Å². The number of amides is 1. The topological polar surface area (TPSA) is 58.6 Å². The summed E-state index contributed by atoms with van der Waals surface area (Å²) in [6.07, 6.45) is 6.51. The van der Waals surface area contributed by atoms with Crippen LogP contribution < -0.4 is 5.32 Å². The molecule has 0 aromatic carbocycles. The fraction of sp³-hybridized carbons (Fsp3) is 0.769. The number of hydrogen-bond donors (Lipinski definition) is 2. The molecule has 2 unspecified atom stereocenters. The molecule has 0 aliphatic heterocycles. The van der Waals surface area contributed by atoms with Crippen molar-refractivity contribution in [2.24, 2.45) is 0 Å². The molecule has 0 aromatic rings. The van der Waals surface area contributed by atoms with Crippen molar-refractivity contribution in [2.75, 3.05) is 0 Å². The van der Waals surface area contributed by atoms with Crippen LogP contribution in [0.1, 0.15) is 46.5 Å². The predicted octanol–water partition coefficient (Wildman–Crippen LogP) is 2.37. The summed E-state index contributed by atoms with van der Waals surface area (Å²) in [5.41, 5.74) is -0.507. The molecule has 0 saturated carbocycles. The number of allylic oxidation sites excluding steroid dienone is 1. The van der Waals surface area contributed by atoms with Gasteiger partial charge in [-0.15, -0.1) is 0 Å². The molecule has 1 amide bonds. The highest BCUT2D eigenvalue weighted by Gasteiger charge is 2.23. The van der Waals surface area contributed by atoms with Gasteiger partial charge in [0.05, 0.1) is 12.1 Å². The Balaban J connectivity index is 2.50. The van der Waals surface area contributed by atoms with Crippen LogP contribution in [0.25, 0.3) is 0 Å². The van der Waals surface area contributed by atoms with Gasteiger partial charge in [-0.1, -0.05) is 18.6 Å². The summed E-state index contributed by atoms with van der Waals surface area (Å²) in [5, 5.41) is 12.6. The lowest BCUT2D eigenvalue weighted by Crippen LogP contribution is -2.45. The number of aliphatic hydroxyl groups excluding tert-OH is 1. The third kappa shape index (κ3) is 5.73. The van der Waals surface area contributed by atoms with Crippen LogP contribution in [0.2, 0.25) is 0 Å². The maximum Gasteiger partial charge on any atom is 0.407 e. The van der Waals surface area contributed by atoms with Gasteiger partial charge in [0, 0.05) is 0 Å². The summed E-state index contributed by atoms with van der Waals surface area (Å²) in [7, 11) is 0. The summed E-state index contributed by atoms with van der Waals surface area (Å²) >= 11 is 0. The quantitative estimate of drug-likeness (QED) is 0.693. The maximum atomic E-state index is 11.6. The lowest BCUT2D eigenvalue weighted by atomic mass is 9.99. The van der Waals surface area contributed by atoms with Crippen LogP contribution in [0.5, 0.6) is 0 Å². The molecule has 0 aromatic heterocycles. The highest BCUT2D eigenvalue weighted by molar-refractivity contribution is 5.68. The molecule has 98 valence electrons. The average Bonchev–Trinajstić information content (AvgIpc) is 2.15. The smallest absolute Gasteiger partial charge is 0.407 e. The van der Waals surface area contributed by atoms with Gasteiger partial charge in [0.1, 0.15) is 5.60 Å². The van der Waals surface area contributed by atoms with E-state index in [9.17, 15) is 9.90 Å². The van der Waals surface area contributed by atoms with E-state index in [1.165, 1.54) is 0 Å². The molecule has 0 bridgehead atoms. The van der Waals surface area contributed by atoms with E-state index in [0.29, 0.717) is 0 Å². The maximum absolute atomic E-state index is 11.6. The van der Waals surface area contributed by atoms with Crippen LogP contribution in [0.3, 0.4) is 0 Å². The Morgan fingerprint density at radius 1 is 1.41 bits per heavy atom. The average molecular weight is 241 g/mol. The Kier molecular flexibility index (Phi) is 5.00. The molecule has 0 heterocycles. The lowest BCUT2D eigenvalue weighted by molar-refractivity contribution is 0.0447. The van der Waals surface area contributed by atoms with Crippen molar-refractivity contribution >= 4 is 6.09 Å². The number of nitrogens with one attached hydrogen (secondary N) is 1. The fourth-order valence-corrected chi connectivity index (χ4v) is 1.78. The van der Waals surface area contributed by atoms with Crippen molar-refractivity contribution in [3.05, 3.63) is 12.2 Å². The SMILES string of the molecule is CC(C)(C)OC(=O)NC1CCCC/C=C/C1O. The van der Waals surface area contributed by atoms with Gasteiger partial charge < -0.3 is 15.2 Å². The number of rotatable bonds is 1. The zero-order chi connectivity index (χ0) is 12.9. The molecule has 1 rings (SSSR count). The van der Waals surface area contributed by atoms with Gasteiger partial charge in [-0.05, 0) is 40.0 Å². The van der Waals surface area contributed by atoms with Gasteiger partial charge in [-0.3, -0.25) is 0 Å². The first-order valence-corrected chi connectivity index (χ1v) is 6.23. The zero-order valence-electron chi connectivity index (χ0n) is 10.9. The lowest BCUT2D eigenvalue weighted by Gasteiger charge is -2.26. The first-order valence-electron chi connectivity index (χ1n) is 6.23. The van der Waals surface area contributed by atoms with E-state index in [1.807, 2.05) is 26.8 Å². The van der Waals surface area contributed by atoms with E-state index in [4.69, 9.17) is 4.74 Å². The van der Waals surface area contributed by atoms with Gasteiger partial charge >= 0.3 is 6.09 Å². The Hall–Kier alpha value is -1.03. The van der Waals surface area contributed by atoms with E-state index in [0.717, 1.165) is 25.7 Å². The zero-order valence-corrected chi connectivity index (χ0v) is 10.9. The number of hydrogen-bond acceptors (Lipinski definition) is 3. The molecule has 0 fully saturated rings. The molecule has 2 N–H and O–H groups in total. The summed E-state index contributed by atoms with van der Waals surface area (Å²) in [6.45, 7) is 5.46. The Bertz CT molecular complexity index is 281. The molecule has 4 nitrogen and oxygen atoms in total. The van der Waals surface area contributed by atoms with Gasteiger partial charge in [0.25, 0.3) is 0 Å². The van der Waals surface area contributed by atoms with Crippen LogP contribution in [0, 0.1) is 0 Å². The third-order valence-electron chi connectivity index (χ3n) is 2.58. The molecule has 4 heteroatoms. The van der Waals surface area contributed by atoms with Gasteiger partial charge in [-0.25, -0.2) is 4.79 Å². The van der Waals surface area contributed by atoms with E-state index >= 15 is 0 Å². The second-order valence-corrected chi connectivity index (χ2v) is 5.46. The molecule has 0 saturated heterocycles. The Morgan fingerprint density at radius 2 is 2.12 bits per heavy atom. The van der Waals surface area contributed by atoms with Crippen molar-refractivity contribution in [3.8, 4) is 0 Å². The molecule has 17 heavy (non-hydrogen) atoms. The van der Waals surface area contributed by atoms with Crippen molar-refractivity contribution in [2.45, 2.75) is 64.2 Å². The van der Waals surface area contributed by atoms with Crippen LogP contribution >= 0.6 is 0 Å². The monoisotopic (exact) mass is 241 g/mol. The standard InChI is InChI=1S/C13H23NO3/c1-13(2,3)17-12(16)14-10-8-6-4-5-7-9-11(10)15/h7,9-11,15H,4-6,8H2,1-3H3,(H,14,16)/b9-7+. The minimum absolute atomic E-state index is 0.249. The normalized spacial score (nSPS) is 27.8. The number of aliphatic hydroxyl groups is 1. The first-order chi connectivity index (χ1) is 7.88. The highest BCUT2D eigenvalue weighted by Crippen LogP contribution is 2.14. The van der Waals surface area contributed by atoms with Crippen LogP contribution in [-0.2, 0) is 4.74 Å². The minimum atomic E-state index is -0.622. The van der Waals surface area contributed by atoms with Crippen molar-refractivity contribution in [3.63, 3.8) is 0 Å². The van der Waals surface area contributed by atoms with Gasteiger partial charge in [-0.2, -0.15) is 0 Å². The van der Waals surface area contributed by atoms with Crippen LogP contribution in [0.15, 0.2) is 12.2 Å². The summed E-state index contributed by atoms with van der Waals surface area (Å²) in [4.78, 5) is 11.6. The predicted molar refractivity (Wildman–Crippen MR) is 66.8 cm³/mol. The van der Waals surface area contributed by atoms with Crippen molar-refractivity contribution in [1.29, 1.82) is 0 Å². The molecule has 2 atom stereocenters. The van der Waals surface area contributed by atoms with E-state index in [-0.39, 0.29) is 6.04 Å². The molecular formula is C13H23NO3. The van der Waals surface area contributed by atoms with Crippen molar-refractivity contribution in [1.82, 2.24) is 5.32 Å². The van der Waals surface area contributed by atoms with Gasteiger partial charge in [0.2, 0.25) is 0 Å². The van der Waals surface area contributed by atoms with E-state index in [1.54, 1.807) is 6.08 Å². The molecule has 1 aliphatic rings. The number of alkyl carbamates (subject to hydrolysis) is 1. The Morgan fingerprint density at radius 3 is 2.76 bits per heavy atom. The van der Waals surface area contributed by atoms with Gasteiger partial charge in [0.15, 0.2) is 0 Å². The summed E-state index contributed by atoms with van der Waals surface area (Å²) < 4.78 is 5.18. The number of carbonyl (C=O) groups is 1. The second kappa shape index (κ2) is 6.05. The molecule has 1 aliphatic carbocycles. The second-order valence-electron chi connectivity index (χ2n) is 5.46. The van der Waals surface area contributed by atoms with Crippen LogP contribution in [0.4, 0.5) is 4.79 Å². The number of carbonyl (C=O) groups excluding carboxylic acids is 1. The molecule has 0 spiro atoms. The largest absolute Gasteiger partial charge is 0.444 e. The molecular weight excluding hydrogens is 218 g/mol. The summed E-state index contributed by atoms with van der Waals surface area (Å²) in [5.74, 6) is 0. The summed E-state index contributed by atoms with van der Waals surface area (Å²) in [6, 6.07) is -0.249. The van der Waals surface area contributed by atoms with Crippen LogP contribution in [-0.4, -0.2) is 28.9 Å². The first kappa shape index (κ1) is 14.0. The highest BCUT2D eigenvalue weighted by atomic mass is 16.6. The van der Waals surface area contributed by atoms with E-state index < -0.39 is 17.8 Å². The Labute approximate surface area is 103 Å². The minimum Gasteiger partial charge on any atom is -0.444 e. The molecule has 0 radical (unpaired) electrons. The third-order valence-corrected chi connectivity index (χ3v) is 2.58. The fourth-order valence-electron chi connectivity index (χ4n) is 1.78. The van der Waals surface area contributed by atoms with E-state index in [2.05, 4.69) is 5.32 Å².